The van der Waals surface area contributed by atoms with Crippen LogP contribution in [0.3, 0.4) is 0 Å². The number of aromatic nitrogens is 3. The number of nitrogens with zero attached hydrogens (tertiary/aromatic N) is 3. The third-order valence-corrected chi connectivity index (χ3v) is 3.71. The molecule has 0 spiro atoms. The number of rotatable bonds is 2. The number of pyridine rings is 1. The number of hydrogen-bond donors (Lipinski definition) is 1. The van der Waals surface area contributed by atoms with Gasteiger partial charge in [-0.2, -0.15) is 0 Å². The highest BCUT2D eigenvalue weighted by Gasteiger charge is 2.09. The number of aryl methyl sites for hydroxylation is 2. The highest BCUT2D eigenvalue weighted by Crippen LogP contribution is 2.22. The van der Waals surface area contributed by atoms with Crippen molar-refractivity contribution in [1.82, 2.24) is 15.0 Å². The van der Waals surface area contributed by atoms with Gasteiger partial charge in [0.2, 0.25) is 0 Å². The quantitative estimate of drug-likeness (QED) is 0.855. The minimum atomic E-state index is 0.708. The fraction of sp³-hybridized carbons (Fsp3) is 0.250. The van der Waals surface area contributed by atoms with Crippen molar-refractivity contribution in [1.29, 1.82) is 0 Å². The lowest BCUT2D eigenvalue weighted by atomic mass is 10.2. The molecule has 0 unspecified atom stereocenters. The van der Waals surface area contributed by atoms with E-state index in [1.807, 2.05) is 33.0 Å². The summed E-state index contributed by atoms with van der Waals surface area (Å²) < 4.78 is 1.05. The molecule has 0 aliphatic rings. The topological polar surface area (TPSA) is 50.7 Å². The van der Waals surface area contributed by atoms with Gasteiger partial charge in [-0.05, 0) is 48.6 Å². The molecule has 0 aromatic carbocycles. The van der Waals surface area contributed by atoms with Crippen molar-refractivity contribution in [2.24, 2.45) is 0 Å². The highest BCUT2D eigenvalue weighted by atomic mass is 127. The lowest BCUT2D eigenvalue weighted by Crippen LogP contribution is -2.02. The molecule has 2 rings (SSSR count). The molecule has 4 nitrogen and oxygen atoms in total. The summed E-state index contributed by atoms with van der Waals surface area (Å²) in [7, 11) is 1.86. The minimum Gasteiger partial charge on any atom is -0.372 e. The summed E-state index contributed by atoms with van der Waals surface area (Å²) in [4.78, 5) is 13.2. The molecule has 0 aliphatic carbocycles. The minimum absolute atomic E-state index is 0.708. The molecule has 0 radical (unpaired) electrons. The van der Waals surface area contributed by atoms with Crippen molar-refractivity contribution in [3.63, 3.8) is 0 Å². The molecular formula is C12H13IN4. The van der Waals surface area contributed by atoms with Crippen molar-refractivity contribution >= 4 is 28.4 Å². The zero-order chi connectivity index (χ0) is 12.4. The van der Waals surface area contributed by atoms with Gasteiger partial charge in [0, 0.05) is 24.5 Å². The predicted octanol–water partition coefficient (Wildman–Crippen LogP) is 2.80. The molecule has 2 aromatic heterocycles. The molecule has 0 fully saturated rings. The van der Waals surface area contributed by atoms with Crippen LogP contribution in [0.1, 0.15) is 11.4 Å². The Morgan fingerprint density at radius 3 is 2.53 bits per heavy atom. The van der Waals surface area contributed by atoms with Crippen LogP contribution in [0.2, 0.25) is 0 Å². The maximum absolute atomic E-state index is 4.48. The first-order valence-electron chi connectivity index (χ1n) is 5.26. The van der Waals surface area contributed by atoms with Gasteiger partial charge in [-0.25, -0.2) is 9.97 Å². The maximum atomic E-state index is 4.48. The second-order valence-corrected chi connectivity index (χ2v) is 4.81. The molecule has 0 bridgehead atoms. The summed E-state index contributed by atoms with van der Waals surface area (Å²) in [6.45, 7) is 3.94. The van der Waals surface area contributed by atoms with Crippen molar-refractivity contribution < 1.29 is 0 Å². The second-order valence-electron chi connectivity index (χ2n) is 3.73. The summed E-state index contributed by atoms with van der Waals surface area (Å²) in [5, 5.41) is 3.08. The van der Waals surface area contributed by atoms with Gasteiger partial charge < -0.3 is 5.32 Å². The second kappa shape index (κ2) is 4.95. The predicted molar refractivity (Wildman–Crippen MR) is 77.0 cm³/mol. The Labute approximate surface area is 114 Å². The molecule has 0 saturated carbocycles. The molecule has 0 atom stereocenters. The first-order chi connectivity index (χ1) is 8.11. The molecular weight excluding hydrogens is 327 g/mol. The van der Waals surface area contributed by atoms with Crippen LogP contribution in [0.5, 0.6) is 0 Å². The standard InChI is InChI=1S/C12H13IN4/c1-7-4-5-9(6-15-7)11-16-8(2)10(13)12(14-3)17-11/h4-6H,1-3H3,(H,14,16,17). The maximum Gasteiger partial charge on any atom is 0.163 e. The van der Waals surface area contributed by atoms with E-state index in [1.165, 1.54) is 0 Å². The number of halogens is 1. The molecule has 2 heterocycles. The molecule has 0 aliphatic heterocycles. The van der Waals surface area contributed by atoms with E-state index in [0.29, 0.717) is 5.82 Å². The van der Waals surface area contributed by atoms with Gasteiger partial charge in [0.25, 0.3) is 0 Å². The van der Waals surface area contributed by atoms with Gasteiger partial charge in [0.15, 0.2) is 5.82 Å². The SMILES string of the molecule is CNc1nc(-c2ccc(C)nc2)nc(C)c1I. The molecule has 0 saturated heterocycles. The average molecular weight is 340 g/mol. The van der Waals surface area contributed by atoms with E-state index in [-0.39, 0.29) is 0 Å². The van der Waals surface area contributed by atoms with Crippen LogP contribution < -0.4 is 5.32 Å². The Kier molecular flexibility index (Phi) is 3.56. The van der Waals surface area contributed by atoms with Crippen LogP contribution in [0, 0.1) is 17.4 Å². The van der Waals surface area contributed by atoms with E-state index in [2.05, 4.69) is 42.9 Å². The van der Waals surface area contributed by atoms with Crippen molar-refractivity contribution in [2.75, 3.05) is 12.4 Å². The smallest absolute Gasteiger partial charge is 0.163 e. The number of nitrogens with one attached hydrogen (secondary N) is 1. The molecule has 88 valence electrons. The fourth-order valence-electron chi connectivity index (χ4n) is 1.45. The zero-order valence-electron chi connectivity index (χ0n) is 9.95. The third kappa shape index (κ3) is 2.54. The molecule has 0 amide bonds. The van der Waals surface area contributed by atoms with Crippen molar-refractivity contribution in [3.05, 3.63) is 33.3 Å². The Morgan fingerprint density at radius 1 is 1.18 bits per heavy atom. The van der Waals surface area contributed by atoms with Gasteiger partial charge in [0.05, 0.1) is 9.26 Å². The monoisotopic (exact) mass is 340 g/mol. The van der Waals surface area contributed by atoms with Gasteiger partial charge in [0.1, 0.15) is 5.82 Å². The summed E-state index contributed by atoms with van der Waals surface area (Å²) in [5.41, 5.74) is 2.90. The van der Waals surface area contributed by atoms with E-state index in [0.717, 1.165) is 26.3 Å². The van der Waals surface area contributed by atoms with E-state index in [4.69, 9.17) is 0 Å². The fourth-order valence-corrected chi connectivity index (χ4v) is 1.96. The van der Waals surface area contributed by atoms with E-state index in [9.17, 15) is 0 Å². The Balaban J connectivity index is 2.52. The molecule has 17 heavy (non-hydrogen) atoms. The Bertz CT molecular complexity index is 537. The zero-order valence-corrected chi connectivity index (χ0v) is 12.1. The molecule has 5 heteroatoms. The van der Waals surface area contributed by atoms with Crippen LogP contribution in [0.25, 0.3) is 11.4 Å². The van der Waals surface area contributed by atoms with Gasteiger partial charge in [-0.15, -0.1) is 0 Å². The van der Waals surface area contributed by atoms with Crippen LogP contribution in [0.15, 0.2) is 18.3 Å². The summed E-state index contributed by atoms with van der Waals surface area (Å²) >= 11 is 2.24. The lowest BCUT2D eigenvalue weighted by molar-refractivity contribution is 1.08. The van der Waals surface area contributed by atoms with Crippen LogP contribution >= 0.6 is 22.6 Å². The van der Waals surface area contributed by atoms with Crippen LogP contribution in [-0.2, 0) is 0 Å². The first-order valence-corrected chi connectivity index (χ1v) is 6.34. The number of anilines is 1. The van der Waals surface area contributed by atoms with Gasteiger partial charge in [-0.1, -0.05) is 0 Å². The highest BCUT2D eigenvalue weighted by molar-refractivity contribution is 14.1. The van der Waals surface area contributed by atoms with Gasteiger partial charge >= 0.3 is 0 Å². The summed E-state index contributed by atoms with van der Waals surface area (Å²) in [6.07, 6.45) is 1.80. The van der Waals surface area contributed by atoms with Gasteiger partial charge in [-0.3, -0.25) is 4.98 Å². The van der Waals surface area contributed by atoms with E-state index >= 15 is 0 Å². The van der Waals surface area contributed by atoms with Crippen LogP contribution in [-0.4, -0.2) is 22.0 Å². The third-order valence-electron chi connectivity index (χ3n) is 2.42. The summed E-state index contributed by atoms with van der Waals surface area (Å²) in [5.74, 6) is 1.56. The largest absolute Gasteiger partial charge is 0.372 e. The Morgan fingerprint density at radius 2 is 1.94 bits per heavy atom. The number of hydrogen-bond acceptors (Lipinski definition) is 4. The lowest BCUT2D eigenvalue weighted by Gasteiger charge is -2.08. The Hall–Kier alpha value is -1.24. The van der Waals surface area contributed by atoms with Crippen molar-refractivity contribution in [3.8, 4) is 11.4 Å². The first kappa shape index (κ1) is 12.2. The van der Waals surface area contributed by atoms with E-state index < -0.39 is 0 Å². The van der Waals surface area contributed by atoms with E-state index in [1.54, 1.807) is 6.20 Å². The normalized spacial score (nSPS) is 10.4. The molecule has 2 aromatic rings. The van der Waals surface area contributed by atoms with Crippen molar-refractivity contribution in [2.45, 2.75) is 13.8 Å². The molecule has 1 N–H and O–H groups in total. The summed E-state index contributed by atoms with van der Waals surface area (Å²) in [6, 6.07) is 3.95. The average Bonchev–Trinajstić information content (AvgIpc) is 2.33. The van der Waals surface area contributed by atoms with Crippen LogP contribution in [0.4, 0.5) is 5.82 Å².